The third-order valence-electron chi connectivity index (χ3n) is 2.22. The highest BCUT2D eigenvalue weighted by molar-refractivity contribution is 5.27. The zero-order chi connectivity index (χ0) is 12.3. The molecule has 0 saturated carbocycles. The molecule has 90 valence electrons. The van der Waals surface area contributed by atoms with Gasteiger partial charge < -0.3 is 5.32 Å². The Morgan fingerprint density at radius 3 is 2.71 bits per heavy atom. The second-order valence-corrected chi connectivity index (χ2v) is 4.19. The average Bonchev–Trinajstić information content (AvgIpc) is 2.81. The lowest BCUT2D eigenvalue weighted by atomic mass is 10.1. The molecule has 0 saturated heterocycles. The molecule has 0 spiro atoms. The molecule has 2 aromatic rings. The largest absolute Gasteiger partial charge is 0.357 e. The second-order valence-electron chi connectivity index (χ2n) is 4.19. The van der Waals surface area contributed by atoms with E-state index >= 15 is 0 Å². The van der Waals surface area contributed by atoms with Gasteiger partial charge in [-0.1, -0.05) is 13.8 Å². The third kappa shape index (κ3) is 2.77. The maximum absolute atomic E-state index is 4.42. The van der Waals surface area contributed by atoms with Crippen LogP contribution in [0.15, 0.2) is 18.7 Å². The van der Waals surface area contributed by atoms with E-state index in [1.54, 1.807) is 24.1 Å². The molecule has 0 atom stereocenters. The van der Waals surface area contributed by atoms with Crippen LogP contribution in [0.3, 0.4) is 0 Å². The van der Waals surface area contributed by atoms with Gasteiger partial charge in [0.2, 0.25) is 11.9 Å². The summed E-state index contributed by atoms with van der Waals surface area (Å²) in [5.74, 6) is 2.48. The molecular formula is C11H16N6. The first-order valence-corrected chi connectivity index (χ1v) is 5.60. The average molecular weight is 232 g/mol. The minimum atomic E-state index is 0.512. The summed E-state index contributed by atoms with van der Waals surface area (Å²) in [5, 5.41) is 2.95. The standard InChI is InChI=1S/C11H16N6/c1-8(2)6-9-14-10(12-3)16-11(15-9)17-5-4-13-7-17/h4-5,7-8H,6H2,1-3H3,(H,12,14,15,16). The fourth-order valence-corrected chi connectivity index (χ4v) is 1.47. The summed E-state index contributed by atoms with van der Waals surface area (Å²) in [6.07, 6.45) is 6.02. The molecule has 0 unspecified atom stereocenters. The van der Waals surface area contributed by atoms with Crippen LogP contribution in [0, 0.1) is 5.92 Å². The van der Waals surface area contributed by atoms with Crippen LogP contribution in [0.2, 0.25) is 0 Å². The van der Waals surface area contributed by atoms with E-state index in [1.807, 2.05) is 6.20 Å². The predicted molar refractivity (Wildman–Crippen MR) is 65.0 cm³/mol. The van der Waals surface area contributed by atoms with Gasteiger partial charge in [0.1, 0.15) is 12.2 Å². The summed E-state index contributed by atoms with van der Waals surface area (Å²) in [6, 6.07) is 0. The Morgan fingerprint density at radius 2 is 2.12 bits per heavy atom. The van der Waals surface area contributed by atoms with Crippen molar-refractivity contribution in [3.63, 3.8) is 0 Å². The van der Waals surface area contributed by atoms with Crippen molar-refractivity contribution in [1.82, 2.24) is 24.5 Å². The Kier molecular flexibility index (Phi) is 3.32. The van der Waals surface area contributed by atoms with Crippen LogP contribution in [0.4, 0.5) is 5.95 Å². The molecule has 0 aromatic carbocycles. The first-order chi connectivity index (χ1) is 8.19. The van der Waals surface area contributed by atoms with Crippen molar-refractivity contribution in [3.8, 4) is 5.95 Å². The Bertz CT molecular complexity index is 477. The van der Waals surface area contributed by atoms with Gasteiger partial charge >= 0.3 is 0 Å². The van der Waals surface area contributed by atoms with Crippen LogP contribution in [0.5, 0.6) is 0 Å². The minimum Gasteiger partial charge on any atom is -0.357 e. The van der Waals surface area contributed by atoms with Crippen LogP contribution in [-0.4, -0.2) is 31.6 Å². The summed E-state index contributed by atoms with van der Waals surface area (Å²) in [7, 11) is 1.80. The lowest BCUT2D eigenvalue weighted by Gasteiger charge is -2.08. The molecule has 0 radical (unpaired) electrons. The van der Waals surface area contributed by atoms with Crippen LogP contribution >= 0.6 is 0 Å². The van der Waals surface area contributed by atoms with Gasteiger partial charge in [0.15, 0.2) is 0 Å². The van der Waals surface area contributed by atoms with Gasteiger partial charge in [-0.25, -0.2) is 4.98 Å². The Morgan fingerprint density at radius 1 is 1.29 bits per heavy atom. The van der Waals surface area contributed by atoms with Crippen molar-refractivity contribution in [2.24, 2.45) is 5.92 Å². The summed E-state index contributed by atoms with van der Waals surface area (Å²) < 4.78 is 1.77. The molecule has 0 aliphatic heterocycles. The van der Waals surface area contributed by atoms with Gasteiger partial charge in [0.05, 0.1) is 0 Å². The van der Waals surface area contributed by atoms with E-state index in [2.05, 4.69) is 39.1 Å². The van der Waals surface area contributed by atoms with Gasteiger partial charge in [-0.05, 0) is 5.92 Å². The van der Waals surface area contributed by atoms with Gasteiger partial charge in [-0.2, -0.15) is 15.0 Å². The summed E-state index contributed by atoms with van der Waals surface area (Å²) in [5.41, 5.74) is 0. The Hall–Kier alpha value is -1.98. The number of rotatable bonds is 4. The molecule has 0 bridgehead atoms. The highest BCUT2D eigenvalue weighted by atomic mass is 15.2. The quantitative estimate of drug-likeness (QED) is 0.860. The predicted octanol–water partition coefficient (Wildman–Crippen LogP) is 1.30. The van der Waals surface area contributed by atoms with Gasteiger partial charge in [0, 0.05) is 25.9 Å². The topological polar surface area (TPSA) is 68.5 Å². The third-order valence-corrected chi connectivity index (χ3v) is 2.22. The SMILES string of the molecule is CNc1nc(CC(C)C)nc(-n2ccnc2)n1. The van der Waals surface area contributed by atoms with Crippen LogP contribution in [-0.2, 0) is 6.42 Å². The maximum Gasteiger partial charge on any atom is 0.239 e. The maximum atomic E-state index is 4.42. The number of anilines is 1. The fraction of sp³-hybridized carbons (Fsp3) is 0.455. The molecule has 2 rings (SSSR count). The minimum absolute atomic E-state index is 0.512. The molecule has 0 aliphatic rings. The Balaban J connectivity index is 2.38. The zero-order valence-electron chi connectivity index (χ0n) is 10.3. The summed E-state index contributed by atoms with van der Waals surface area (Å²) >= 11 is 0. The lowest BCUT2D eigenvalue weighted by Crippen LogP contribution is -2.10. The molecule has 2 aromatic heterocycles. The first kappa shape index (κ1) is 11.5. The van der Waals surface area contributed by atoms with E-state index < -0.39 is 0 Å². The number of aromatic nitrogens is 5. The molecule has 0 amide bonds. The molecule has 2 heterocycles. The molecule has 6 nitrogen and oxygen atoms in total. The number of hydrogen-bond acceptors (Lipinski definition) is 5. The monoisotopic (exact) mass is 232 g/mol. The smallest absolute Gasteiger partial charge is 0.239 e. The van der Waals surface area contributed by atoms with E-state index in [9.17, 15) is 0 Å². The molecule has 6 heteroatoms. The first-order valence-electron chi connectivity index (χ1n) is 5.60. The van der Waals surface area contributed by atoms with Crippen molar-refractivity contribution in [1.29, 1.82) is 0 Å². The van der Waals surface area contributed by atoms with Crippen LogP contribution in [0.1, 0.15) is 19.7 Å². The molecule has 17 heavy (non-hydrogen) atoms. The fourth-order valence-electron chi connectivity index (χ4n) is 1.47. The van der Waals surface area contributed by atoms with E-state index in [0.717, 1.165) is 12.2 Å². The van der Waals surface area contributed by atoms with E-state index in [-0.39, 0.29) is 0 Å². The van der Waals surface area contributed by atoms with Gasteiger partial charge in [-0.3, -0.25) is 4.57 Å². The normalized spacial score (nSPS) is 10.8. The molecule has 0 aliphatic carbocycles. The number of nitrogens with zero attached hydrogens (tertiary/aromatic N) is 5. The zero-order valence-corrected chi connectivity index (χ0v) is 10.3. The summed E-state index contributed by atoms with van der Waals surface area (Å²) in [4.78, 5) is 17.0. The van der Waals surface area contributed by atoms with E-state index in [0.29, 0.717) is 17.8 Å². The van der Waals surface area contributed by atoms with Crippen molar-refractivity contribution in [2.75, 3.05) is 12.4 Å². The van der Waals surface area contributed by atoms with Crippen LogP contribution in [0.25, 0.3) is 5.95 Å². The molecule has 1 N–H and O–H groups in total. The molecule has 0 fully saturated rings. The van der Waals surface area contributed by atoms with E-state index in [1.165, 1.54) is 0 Å². The van der Waals surface area contributed by atoms with E-state index in [4.69, 9.17) is 0 Å². The number of imidazole rings is 1. The number of hydrogen-bond donors (Lipinski definition) is 1. The Labute approximate surface area is 100 Å². The van der Waals surface area contributed by atoms with Crippen molar-refractivity contribution in [3.05, 3.63) is 24.5 Å². The van der Waals surface area contributed by atoms with Gasteiger partial charge in [-0.15, -0.1) is 0 Å². The summed E-state index contributed by atoms with van der Waals surface area (Å²) in [6.45, 7) is 4.28. The van der Waals surface area contributed by atoms with Gasteiger partial charge in [0.25, 0.3) is 0 Å². The molecular weight excluding hydrogens is 216 g/mol. The second kappa shape index (κ2) is 4.90. The van der Waals surface area contributed by atoms with Crippen molar-refractivity contribution in [2.45, 2.75) is 20.3 Å². The van der Waals surface area contributed by atoms with Crippen molar-refractivity contribution < 1.29 is 0 Å². The van der Waals surface area contributed by atoms with Crippen molar-refractivity contribution >= 4 is 5.95 Å². The van der Waals surface area contributed by atoms with Crippen LogP contribution < -0.4 is 5.32 Å². The number of nitrogens with one attached hydrogen (secondary N) is 1. The highest BCUT2D eigenvalue weighted by Gasteiger charge is 2.08. The highest BCUT2D eigenvalue weighted by Crippen LogP contribution is 2.08. The lowest BCUT2D eigenvalue weighted by molar-refractivity contribution is 0.615.